The Labute approximate surface area is 127 Å². The maximum absolute atomic E-state index is 5.94. The molecule has 2 aliphatic heterocycles. The first-order chi connectivity index (χ1) is 9.68. The summed E-state index contributed by atoms with van der Waals surface area (Å²) in [5.74, 6) is 2.07. The van der Waals surface area contributed by atoms with Gasteiger partial charge in [-0.1, -0.05) is 29.8 Å². The van der Waals surface area contributed by atoms with Crippen molar-refractivity contribution in [3.63, 3.8) is 0 Å². The van der Waals surface area contributed by atoms with Crippen molar-refractivity contribution in [2.75, 3.05) is 32.9 Å². The van der Waals surface area contributed by atoms with Crippen molar-refractivity contribution in [3.05, 3.63) is 21.7 Å². The summed E-state index contributed by atoms with van der Waals surface area (Å²) in [7, 11) is 0. The fourth-order valence-electron chi connectivity index (χ4n) is 2.84. The molecule has 4 nitrogen and oxygen atoms in total. The number of ether oxygens (including phenoxy) is 3. The first-order valence-electron chi connectivity index (χ1n) is 7.12. The third-order valence-corrected chi connectivity index (χ3v) is 4.34. The predicted molar refractivity (Wildman–Crippen MR) is 80.8 cm³/mol. The maximum atomic E-state index is 5.94. The van der Waals surface area contributed by atoms with Crippen molar-refractivity contribution in [3.8, 4) is 11.5 Å². The molecule has 1 N–H and O–H groups in total. The zero-order valence-electron chi connectivity index (χ0n) is 11.9. The van der Waals surface area contributed by atoms with Crippen molar-refractivity contribution in [2.24, 2.45) is 0 Å². The molecule has 0 bridgehead atoms. The number of fused-ring (bicyclic) bond motifs is 1. The summed E-state index contributed by atoms with van der Waals surface area (Å²) in [6.45, 7) is 8.06. The molecule has 1 unspecified atom stereocenters. The van der Waals surface area contributed by atoms with Crippen LogP contribution in [-0.4, -0.2) is 32.9 Å². The summed E-state index contributed by atoms with van der Waals surface area (Å²) < 4.78 is 18.6. The third-order valence-electron chi connectivity index (χ3n) is 3.69. The van der Waals surface area contributed by atoms with Gasteiger partial charge in [0.25, 0.3) is 0 Å². The highest BCUT2D eigenvalue weighted by molar-refractivity contribution is 9.10. The first-order valence-corrected chi connectivity index (χ1v) is 7.92. The zero-order valence-corrected chi connectivity index (χ0v) is 13.5. The summed E-state index contributed by atoms with van der Waals surface area (Å²) >= 11 is 3.69. The van der Waals surface area contributed by atoms with E-state index >= 15 is 0 Å². The average Bonchev–Trinajstić information content (AvgIpc) is 2.46. The lowest BCUT2D eigenvalue weighted by atomic mass is 9.91. The van der Waals surface area contributed by atoms with E-state index in [0.717, 1.165) is 35.7 Å². The lowest BCUT2D eigenvalue weighted by molar-refractivity contribution is 0.0261. The van der Waals surface area contributed by atoms with Gasteiger partial charge in [0.05, 0.1) is 12.7 Å². The largest absolute Gasteiger partial charge is 0.486 e. The molecule has 0 radical (unpaired) electrons. The average molecular weight is 342 g/mol. The SMILES string of the molecule is CC(C)c1c2c(cc(Br)c1C1CNCCO1)OCCO2. The lowest BCUT2D eigenvalue weighted by Crippen LogP contribution is -2.34. The van der Waals surface area contributed by atoms with Crippen molar-refractivity contribution >= 4 is 15.9 Å². The third kappa shape index (κ3) is 2.54. The molecule has 1 saturated heterocycles. The van der Waals surface area contributed by atoms with E-state index in [1.54, 1.807) is 0 Å². The maximum Gasteiger partial charge on any atom is 0.165 e. The Kier molecular flexibility index (Phi) is 4.19. The predicted octanol–water partition coefficient (Wildman–Crippen LogP) is 3.00. The van der Waals surface area contributed by atoms with Gasteiger partial charge in [0.2, 0.25) is 0 Å². The number of halogens is 1. The Hall–Kier alpha value is -0.780. The fourth-order valence-corrected chi connectivity index (χ4v) is 3.52. The van der Waals surface area contributed by atoms with Crippen LogP contribution < -0.4 is 14.8 Å². The van der Waals surface area contributed by atoms with Gasteiger partial charge in [0, 0.05) is 28.7 Å². The number of rotatable bonds is 2. The van der Waals surface area contributed by atoms with Crippen LogP contribution in [0.1, 0.15) is 37.0 Å². The fraction of sp³-hybridized carbons (Fsp3) is 0.600. The Morgan fingerprint density at radius 2 is 2.05 bits per heavy atom. The molecule has 5 heteroatoms. The number of hydrogen-bond donors (Lipinski definition) is 1. The van der Waals surface area contributed by atoms with E-state index in [1.807, 2.05) is 6.07 Å². The molecule has 2 aliphatic rings. The molecular formula is C15H20BrNO3. The monoisotopic (exact) mass is 341 g/mol. The van der Waals surface area contributed by atoms with Crippen molar-refractivity contribution in [2.45, 2.75) is 25.9 Å². The van der Waals surface area contributed by atoms with Crippen LogP contribution in [0.15, 0.2) is 10.5 Å². The van der Waals surface area contributed by atoms with E-state index in [9.17, 15) is 0 Å². The Bertz CT molecular complexity index is 498. The smallest absolute Gasteiger partial charge is 0.165 e. The van der Waals surface area contributed by atoms with Crippen LogP contribution in [0.4, 0.5) is 0 Å². The van der Waals surface area contributed by atoms with Gasteiger partial charge in [0.1, 0.15) is 13.2 Å². The van der Waals surface area contributed by atoms with Gasteiger partial charge < -0.3 is 19.5 Å². The van der Waals surface area contributed by atoms with Crippen LogP contribution in [0.25, 0.3) is 0 Å². The minimum absolute atomic E-state index is 0.0614. The van der Waals surface area contributed by atoms with Crippen LogP contribution in [-0.2, 0) is 4.74 Å². The van der Waals surface area contributed by atoms with E-state index in [1.165, 1.54) is 11.1 Å². The minimum atomic E-state index is 0.0614. The van der Waals surface area contributed by atoms with Crippen molar-refractivity contribution < 1.29 is 14.2 Å². The lowest BCUT2D eigenvalue weighted by Gasteiger charge is -2.31. The molecule has 1 atom stereocenters. The Morgan fingerprint density at radius 1 is 1.25 bits per heavy atom. The quantitative estimate of drug-likeness (QED) is 0.897. The molecular weight excluding hydrogens is 322 g/mol. The van der Waals surface area contributed by atoms with E-state index in [2.05, 4.69) is 35.1 Å². The van der Waals surface area contributed by atoms with Gasteiger partial charge in [-0.15, -0.1) is 0 Å². The summed E-state index contributed by atoms with van der Waals surface area (Å²) in [4.78, 5) is 0. The van der Waals surface area contributed by atoms with Crippen LogP contribution in [0.3, 0.4) is 0 Å². The van der Waals surface area contributed by atoms with Crippen molar-refractivity contribution in [1.82, 2.24) is 5.32 Å². The van der Waals surface area contributed by atoms with E-state index in [-0.39, 0.29) is 6.10 Å². The number of hydrogen-bond acceptors (Lipinski definition) is 4. The Morgan fingerprint density at radius 3 is 2.75 bits per heavy atom. The normalized spacial score (nSPS) is 22.1. The second-order valence-corrected chi connectivity index (χ2v) is 6.28. The van der Waals surface area contributed by atoms with Gasteiger partial charge in [-0.2, -0.15) is 0 Å². The summed E-state index contributed by atoms with van der Waals surface area (Å²) in [6, 6.07) is 2.01. The molecule has 1 fully saturated rings. The molecule has 3 rings (SSSR count). The van der Waals surface area contributed by atoms with Gasteiger partial charge in [-0.3, -0.25) is 0 Å². The van der Waals surface area contributed by atoms with Crippen molar-refractivity contribution in [1.29, 1.82) is 0 Å². The molecule has 0 aliphatic carbocycles. The van der Waals surface area contributed by atoms with Crippen LogP contribution in [0, 0.1) is 0 Å². The molecule has 110 valence electrons. The second kappa shape index (κ2) is 5.92. The molecule has 0 amide bonds. The molecule has 20 heavy (non-hydrogen) atoms. The first kappa shape index (κ1) is 14.2. The molecule has 0 spiro atoms. The molecule has 0 aromatic heterocycles. The van der Waals surface area contributed by atoms with E-state index < -0.39 is 0 Å². The molecule has 1 aromatic rings. The van der Waals surface area contributed by atoms with Gasteiger partial charge in [-0.05, 0) is 12.0 Å². The summed E-state index contributed by atoms with van der Waals surface area (Å²) in [5, 5.41) is 3.39. The van der Waals surface area contributed by atoms with Crippen LogP contribution in [0.2, 0.25) is 0 Å². The summed E-state index contributed by atoms with van der Waals surface area (Å²) in [5.41, 5.74) is 2.39. The van der Waals surface area contributed by atoms with Crippen LogP contribution >= 0.6 is 15.9 Å². The number of nitrogens with one attached hydrogen (secondary N) is 1. The van der Waals surface area contributed by atoms with Gasteiger partial charge in [-0.25, -0.2) is 0 Å². The summed E-state index contributed by atoms with van der Waals surface area (Å²) in [6.07, 6.45) is 0.0614. The minimum Gasteiger partial charge on any atom is -0.486 e. The second-order valence-electron chi connectivity index (χ2n) is 5.43. The standard InChI is InChI=1S/C15H20BrNO3/c1-9(2)13-14(12-8-17-3-4-18-12)10(16)7-11-15(13)20-6-5-19-11/h7,9,12,17H,3-6,8H2,1-2H3. The zero-order chi connectivity index (χ0) is 14.1. The van der Waals surface area contributed by atoms with Gasteiger partial charge in [0.15, 0.2) is 11.5 Å². The highest BCUT2D eigenvalue weighted by Crippen LogP contribution is 2.46. The molecule has 2 heterocycles. The highest BCUT2D eigenvalue weighted by Gasteiger charge is 2.29. The highest BCUT2D eigenvalue weighted by atomic mass is 79.9. The van der Waals surface area contributed by atoms with E-state index in [4.69, 9.17) is 14.2 Å². The van der Waals surface area contributed by atoms with E-state index in [0.29, 0.717) is 19.1 Å². The molecule has 0 saturated carbocycles. The number of morpholine rings is 1. The molecule has 1 aromatic carbocycles. The van der Waals surface area contributed by atoms with Crippen LogP contribution in [0.5, 0.6) is 11.5 Å². The van der Waals surface area contributed by atoms with Gasteiger partial charge >= 0.3 is 0 Å². The number of benzene rings is 1. The Balaban J connectivity index is 2.11. The topological polar surface area (TPSA) is 39.7 Å².